The molecule has 25 heavy (non-hydrogen) atoms. The first-order valence-corrected chi connectivity index (χ1v) is 7.90. The molecule has 2 aromatic rings. The maximum Gasteiger partial charge on any atom is 0.337 e. The second-order valence-corrected chi connectivity index (χ2v) is 5.48. The molecule has 2 rings (SSSR count). The Hall–Kier alpha value is -2.81. The molecule has 1 amide bonds. The van der Waals surface area contributed by atoms with Crippen LogP contribution in [0.3, 0.4) is 0 Å². The van der Waals surface area contributed by atoms with Crippen LogP contribution in [0.1, 0.15) is 34.5 Å². The Labute approximate surface area is 145 Å². The summed E-state index contributed by atoms with van der Waals surface area (Å²) in [6.45, 7) is 1.62. The van der Waals surface area contributed by atoms with Crippen LogP contribution in [0.2, 0.25) is 0 Å². The van der Waals surface area contributed by atoms with E-state index >= 15 is 0 Å². The molecule has 134 valence electrons. The zero-order valence-corrected chi connectivity index (χ0v) is 14.0. The Morgan fingerprint density at radius 1 is 1.36 bits per heavy atom. The Bertz CT molecular complexity index is 716. The Balaban J connectivity index is 1.73. The van der Waals surface area contributed by atoms with Gasteiger partial charge in [-0.15, -0.1) is 5.10 Å². The fourth-order valence-corrected chi connectivity index (χ4v) is 2.17. The number of amides is 1. The van der Waals surface area contributed by atoms with Gasteiger partial charge < -0.3 is 15.2 Å². The zero-order valence-electron chi connectivity index (χ0n) is 14.0. The zero-order chi connectivity index (χ0) is 18.1. The molecule has 0 aliphatic heterocycles. The van der Waals surface area contributed by atoms with Crippen LogP contribution in [-0.2, 0) is 29.0 Å². The van der Waals surface area contributed by atoms with Crippen molar-refractivity contribution in [2.24, 2.45) is 0 Å². The van der Waals surface area contributed by atoms with Crippen molar-refractivity contribution in [3.63, 3.8) is 0 Å². The Morgan fingerprint density at radius 2 is 2.20 bits per heavy atom. The topological polar surface area (TPSA) is 119 Å². The Kier molecular flexibility index (Phi) is 7.02. The standard InChI is InChI=1S/C16H21N5O4/c1-25-6-2-5-21-11-14(19-20-21)3-4-15(22)18-9-12-7-13(16(23)24)10-17-8-12/h7-8,10-11H,2-6,9H2,1H3,(H,18,22)(H,23,24). The largest absolute Gasteiger partial charge is 0.478 e. The number of hydrogen-bond acceptors (Lipinski definition) is 6. The summed E-state index contributed by atoms with van der Waals surface area (Å²) in [6.07, 6.45) is 6.24. The molecule has 0 saturated carbocycles. The summed E-state index contributed by atoms with van der Waals surface area (Å²) in [5.41, 5.74) is 1.48. The van der Waals surface area contributed by atoms with Crippen LogP contribution in [0.15, 0.2) is 24.7 Å². The molecule has 2 heterocycles. The summed E-state index contributed by atoms with van der Waals surface area (Å²) < 4.78 is 6.71. The van der Waals surface area contributed by atoms with E-state index in [4.69, 9.17) is 9.84 Å². The predicted molar refractivity (Wildman–Crippen MR) is 87.9 cm³/mol. The average molecular weight is 347 g/mol. The molecule has 0 bridgehead atoms. The molecule has 0 atom stereocenters. The highest BCUT2D eigenvalue weighted by Crippen LogP contribution is 2.03. The van der Waals surface area contributed by atoms with Crippen molar-refractivity contribution in [2.75, 3.05) is 13.7 Å². The van der Waals surface area contributed by atoms with Gasteiger partial charge in [-0.25, -0.2) is 4.79 Å². The molecule has 0 unspecified atom stereocenters. The lowest BCUT2D eigenvalue weighted by Gasteiger charge is -2.05. The molecule has 2 N–H and O–H groups in total. The fourth-order valence-electron chi connectivity index (χ4n) is 2.17. The van der Waals surface area contributed by atoms with Crippen molar-refractivity contribution in [2.45, 2.75) is 32.4 Å². The van der Waals surface area contributed by atoms with E-state index in [1.165, 1.54) is 18.5 Å². The smallest absolute Gasteiger partial charge is 0.337 e. The van der Waals surface area contributed by atoms with Gasteiger partial charge in [-0.2, -0.15) is 0 Å². The van der Waals surface area contributed by atoms with Crippen LogP contribution in [0.5, 0.6) is 0 Å². The number of rotatable bonds is 10. The first-order chi connectivity index (χ1) is 12.1. The second-order valence-electron chi connectivity index (χ2n) is 5.48. The molecular formula is C16H21N5O4. The number of aromatic nitrogens is 4. The van der Waals surface area contributed by atoms with Crippen molar-refractivity contribution in [3.8, 4) is 0 Å². The molecule has 0 fully saturated rings. The molecule has 9 heteroatoms. The number of aryl methyl sites for hydroxylation is 2. The van der Waals surface area contributed by atoms with E-state index in [0.717, 1.165) is 18.7 Å². The lowest BCUT2D eigenvalue weighted by Crippen LogP contribution is -2.23. The maximum absolute atomic E-state index is 11.9. The van der Waals surface area contributed by atoms with E-state index in [1.54, 1.807) is 11.8 Å². The molecule has 2 aromatic heterocycles. The number of ether oxygens (including phenoxy) is 1. The third-order valence-electron chi connectivity index (χ3n) is 3.46. The monoisotopic (exact) mass is 347 g/mol. The number of carboxylic acids is 1. The highest BCUT2D eigenvalue weighted by molar-refractivity contribution is 5.87. The summed E-state index contributed by atoms with van der Waals surface area (Å²) >= 11 is 0. The molecule has 0 aliphatic carbocycles. The summed E-state index contributed by atoms with van der Waals surface area (Å²) in [7, 11) is 1.65. The number of carboxylic acid groups (broad SMARTS) is 1. The maximum atomic E-state index is 11.9. The fraction of sp³-hybridized carbons (Fsp3) is 0.438. The van der Waals surface area contributed by atoms with Crippen LogP contribution in [-0.4, -0.2) is 50.7 Å². The van der Waals surface area contributed by atoms with Crippen LogP contribution in [0, 0.1) is 0 Å². The first kappa shape index (κ1) is 18.5. The number of carbonyl (C=O) groups is 2. The molecule has 9 nitrogen and oxygen atoms in total. The first-order valence-electron chi connectivity index (χ1n) is 7.90. The van der Waals surface area contributed by atoms with Gasteiger partial charge in [0.05, 0.1) is 11.3 Å². The van der Waals surface area contributed by atoms with Gasteiger partial charge in [0.15, 0.2) is 0 Å². The van der Waals surface area contributed by atoms with Crippen molar-refractivity contribution in [1.29, 1.82) is 0 Å². The highest BCUT2D eigenvalue weighted by Gasteiger charge is 2.08. The minimum absolute atomic E-state index is 0.0943. The number of aromatic carboxylic acids is 1. The number of pyridine rings is 1. The summed E-state index contributed by atoms with van der Waals surface area (Å²) in [5.74, 6) is -1.19. The van der Waals surface area contributed by atoms with Crippen molar-refractivity contribution < 1.29 is 19.4 Å². The van der Waals surface area contributed by atoms with E-state index in [1.807, 2.05) is 6.20 Å². The van der Waals surface area contributed by atoms with Crippen molar-refractivity contribution in [1.82, 2.24) is 25.3 Å². The molecule has 0 aromatic carbocycles. The number of carbonyl (C=O) groups excluding carboxylic acids is 1. The van der Waals surface area contributed by atoms with E-state index in [9.17, 15) is 9.59 Å². The molecule has 0 radical (unpaired) electrons. The summed E-state index contributed by atoms with van der Waals surface area (Å²) in [6, 6.07) is 1.49. The van der Waals surface area contributed by atoms with Gasteiger partial charge in [-0.05, 0) is 18.1 Å². The quantitative estimate of drug-likeness (QED) is 0.606. The van der Waals surface area contributed by atoms with E-state index in [0.29, 0.717) is 18.6 Å². The number of hydrogen-bond donors (Lipinski definition) is 2. The van der Waals surface area contributed by atoms with E-state index < -0.39 is 5.97 Å². The van der Waals surface area contributed by atoms with Crippen LogP contribution in [0.25, 0.3) is 0 Å². The van der Waals surface area contributed by atoms with Gasteiger partial charge in [0.1, 0.15) is 0 Å². The average Bonchev–Trinajstić information content (AvgIpc) is 3.06. The van der Waals surface area contributed by atoms with Gasteiger partial charge in [0, 0.05) is 58.2 Å². The number of nitrogens with one attached hydrogen (secondary N) is 1. The molecule has 0 saturated heterocycles. The molecular weight excluding hydrogens is 326 g/mol. The van der Waals surface area contributed by atoms with Gasteiger partial charge >= 0.3 is 5.97 Å². The highest BCUT2D eigenvalue weighted by atomic mass is 16.5. The number of nitrogens with zero attached hydrogens (tertiary/aromatic N) is 4. The lowest BCUT2D eigenvalue weighted by molar-refractivity contribution is -0.121. The normalized spacial score (nSPS) is 10.6. The van der Waals surface area contributed by atoms with Crippen molar-refractivity contribution in [3.05, 3.63) is 41.5 Å². The summed E-state index contributed by atoms with van der Waals surface area (Å²) in [5, 5.41) is 19.7. The minimum Gasteiger partial charge on any atom is -0.478 e. The van der Waals surface area contributed by atoms with Gasteiger partial charge in [-0.3, -0.25) is 14.5 Å². The Morgan fingerprint density at radius 3 is 2.96 bits per heavy atom. The third-order valence-corrected chi connectivity index (χ3v) is 3.46. The third kappa shape index (κ3) is 6.30. The minimum atomic E-state index is -1.05. The van der Waals surface area contributed by atoms with Gasteiger partial charge in [0.25, 0.3) is 0 Å². The second kappa shape index (κ2) is 9.48. The summed E-state index contributed by atoms with van der Waals surface area (Å²) in [4.78, 5) is 26.6. The predicted octanol–water partition coefficient (Wildman–Crippen LogP) is 0.657. The molecule has 0 aliphatic rings. The van der Waals surface area contributed by atoms with Crippen molar-refractivity contribution >= 4 is 11.9 Å². The van der Waals surface area contributed by atoms with Crippen LogP contribution < -0.4 is 5.32 Å². The SMILES string of the molecule is COCCCn1cc(CCC(=O)NCc2cncc(C(=O)O)c2)nn1. The van der Waals surface area contributed by atoms with Crippen LogP contribution >= 0.6 is 0 Å². The van der Waals surface area contributed by atoms with Gasteiger partial charge in [-0.1, -0.05) is 5.21 Å². The number of methoxy groups -OCH3 is 1. The van der Waals surface area contributed by atoms with Gasteiger partial charge in [0.2, 0.25) is 5.91 Å². The van der Waals surface area contributed by atoms with E-state index in [2.05, 4.69) is 20.6 Å². The molecule has 0 spiro atoms. The van der Waals surface area contributed by atoms with Crippen LogP contribution in [0.4, 0.5) is 0 Å². The lowest BCUT2D eigenvalue weighted by atomic mass is 10.2. The van der Waals surface area contributed by atoms with E-state index in [-0.39, 0.29) is 24.4 Å².